The van der Waals surface area contributed by atoms with E-state index in [2.05, 4.69) is 10.6 Å². The summed E-state index contributed by atoms with van der Waals surface area (Å²) in [5, 5.41) is 5.56. The number of halogens is 1. The molecule has 2 unspecified atom stereocenters. The predicted molar refractivity (Wildman–Crippen MR) is 92.6 cm³/mol. The normalized spacial score (nSPS) is 21.6. The molecule has 1 saturated heterocycles. The zero-order valence-corrected chi connectivity index (χ0v) is 14.2. The van der Waals surface area contributed by atoms with E-state index in [0.717, 1.165) is 12.8 Å². The minimum atomic E-state index is -0.569. The molecule has 1 aromatic rings. The van der Waals surface area contributed by atoms with E-state index in [1.165, 1.54) is 0 Å². The second-order valence-electron chi connectivity index (χ2n) is 5.93. The van der Waals surface area contributed by atoms with E-state index in [1.54, 1.807) is 25.1 Å². The Morgan fingerprint density at radius 2 is 2.08 bits per heavy atom. The molecule has 0 aliphatic carbocycles. The number of carbonyl (C=O) groups is 2. The summed E-state index contributed by atoms with van der Waals surface area (Å²) in [6, 6.07) is 4.56. The number of hydrogen-bond donors (Lipinski definition) is 3. The molecule has 24 heavy (non-hydrogen) atoms. The number of ether oxygens (including phenoxy) is 2. The average molecular weight is 356 g/mol. The van der Waals surface area contributed by atoms with E-state index in [4.69, 9.17) is 15.2 Å². The van der Waals surface area contributed by atoms with Gasteiger partial charge in [0.15, 0.2) is 6.10 Å². The molecule has 0 spiro atoms. The van der Waals surface area contributed by atoms with Crippen molar-refractivity contribution in [3.8, 4) is 5.75 Å². The first-order valence-electron chi connectivity index (χ1n) is 7.80. The lowest BCUT2D eigenvalue weighted by molar-refractivity contribution is -0.122. The molecular formula is C16H22ClN3O4. The first kappa shape index (κ1) is 18.5. The number of nitrogens with two attached hydrogens (primary N) is 1. The third-order valence-corrected chi connectivity index (χ3v) is 4.25. The average Bonchev–Trinajstić information content (AvgIpc) is 2.56. The van der Waals surface area contributed by atoms with Gasteiger partial charge in [0.1, 0.15) is 5.75 Å². The Hall–Kier alpha value is -1.83. The maximum Gasteiger partial charge on any atom is 0.265 e. The van der Waals surface area contributed by atoms with Crippen LogP contribution in [0, 0.1) is 5.92 Å². The van der Waals surface area contributed by atoms with Crippen LogP contribution in [0.5, 0.6) is 5.75 Å². The van der Waals surface area contributed by atoms with Crippen LogP contribution in [0.15, 0.2) is 18.2 Å². The first-order chi connectivity index (χ1) is 11.0. The predicted octanol–water partition coefficient (Wildman–Crippen LogP) is 1.52. The Morgan fingerprint density at radius 3 is 2.79 bits per heavy atom. The molecule has 3 rings (SSSR count). The van der Waals surface area contributed by atoms with Crippen molar-refractivity contribution in [2.75, 3.05) is 23.8 Å². The van der Waals surface area contributed by atoms with Gasteiger partial charge in [0, 0.05) is 18.9 Å². The standard InChI is InChI=1S/C16H21N3O4.ClH/c1-9-15(20)19-12-8-11(2-3-13(12)23-9)18-16(21)14(17)10-4-6-22-7-5-10;/h2-3,8-10,14H,4-7,17H2,1H3,(H,18,21)(H,19,20);1H. The third-order valence-electron chi connectivity index (χ3n) is 4.25. The van der Waals surface area contributed by atoms with E-state index in [9.17, 15) is 9.59 Å². The van der Waals surface area contributed by atoms with Crippen LogP contribution < -0.4 is 21.1 Å². The molecule has 2 amide bonds. The second kappa shape index (κ2) is 7.83. The highest BCUT2D eigenvalue weighted by Crippen LogP contribution is 2.32. The summed E-state index contributed by atoms with van der Waals surface area (Å²) in [7, 11) is 0. The van der Waals surface area contributed by atoms with E-state index < -0.39 is 12.1 Å². The number of amides is 2. The van der Waals surface area contributed by atoms with Crippen molar-refractivity contribution in [3.05, 3.63) is 18.2 Å². The molecule has 0 bridgehead atoms. The van der Waals surface area contributed by atoms with Crippen LogP contribution in [0.3, 0.4) is 0 Å². The van der Waals surface area contributed by atoms with Crippen molar-refractivity contribution < 1.29 is 19.1 Å². The van der Waals surface area contributed by atoms with Gasteiger partial charge >= 0.3 is 0 Å². The maximum atomic E-state index is 12.3. The summed E-state index contributed by atoms with van der Waals surface area (Å²) in [4.78, 5) is 24.0. The Morgan fingerprint density at radius 1 is 1.38 bits per heavy atom. The van der Waals surface area contributed by atoms with Gasteiger partial charge in [0.05, 0.1) is 11.7 Å². The number of rotatable bonds is 3. The molecule has 0 radical (unpaired) electrons. The highest BCUT2D eigenvalue weighted by Gasteiger charge is 2.27. The topological polar surface area (TPSA) is 103 Å². The van der Waals surface area contributed by atoms with Gasteiger partial charge in [-0.2, -0.15) is 0 Å². The summed E-state index contributed by atoms with van der Waals surface area (Å²) in [5.41, 5.74) is 7.18. The Kier molecular flexibility index (Phi) is 6.04. The quantitative estimate of drug-likeness (QED) is 0.762. The Balaban J connectivity index is 0.00000208. The summed E-state index contributed by atoms with van der Waals surface area (Å²) in [6.07, 6.45) is 1.06. The van der Waals surface area contributed by atoms with Gasteiger partial charge in [-0.15, -0.1) is 12.4 Å². The highest BCUT2D eigenvalue weighted by atomic mass is 35.5. The van der Waals surface area contributed by atoms with Crippen LogP contribution in [-0.4, -0.2) is 37.2 Å². The number of anilines is 2. The molecule has 2 heterocycles. The van der Waals surface area contributed by atoms with Gasteiger partial charge in [0.2, 0.25) is 5.91 Å². The first-order valence-corrected chi connectivity index (χ1v) is 7.80. The largest absolute Gasteiger partial charge is 0.479 e. The lowest BCUT2D eigenvalue weighted by Gasteiger charge is -2.27. The van der Waals surface area contributed by atoms with Crippen LogP contribution in [-0.2, 0) is 14.3 Å². The third kappa shape index (κ3) is 3.98. The lowest BCUT2D eigenvalue weighted by Crippen LogP contribution is -2.44. The van der Waals surface area contributed by atoms with E-state index in [-0.39, 0.29) is 30.1 Å². The fourth-order valence-electron chi connectivity index (χ4n) is 2.80. The summed E-state index contributed by atoms with van der Waals surface area (Å²) in [5.74, 6) is 0.280. The van der Waals surface area contributed by atoms with E-state index >= 15 is 0 Å². The van der Waals surface area contributed by atoms with Gasteiger partial charge in [0.25, 0.3) is 5.91 Å². The molecular weight excluding hydrogens is 334 g/mol. The van der Waals surface area contributed by atoms with Gasteiger partial charge in [-0.1, -0.05) is 0 Å². The molecule has 1 aromatic carbocycles. The van der Waals surface area contributed by atoms with Crippen LogP contribution in [0.4, 0.5) is 11.4 Å². The molecule has 0 saturated carbocycles. The minimum absolute atomic E-state index is 0. The van der Waals surface area contributed by atoms with Crippen molar-refractivity contribution in [2.24, 2.45) is 11.7 Å². The van der Waals surface area contributed by atoms with Crippen LogP contribution in [0.2, 0.25) is 0 Å². The fourth-order valence-corrected chi connectivity index (χ4v) is 2.80. The van der Waals surface area contributed by atoms with Crippen molar-refractivity contribution in [3.63, 3.8) is 0 Å². The number of benzene rings is 1. The Labute approximate surface area is 146 Å². The number of nitrogens with one attached hydrogen (secondary N) is 2. The van der Waals surface area contributed by atoms with Crippen LogP contribution in [0.25, 0.3) is 0 Å². The summed E-state index contributed by atoms with van der Waals surface area (Å²) < 4.78 is 10.8. The molecule has 2 aliphatic heterocycles. The molecule has 2 atom stereocenters. The monoisotopic (exact) mass is 355 g/mol. The van der Waals surface area contributed by atoms with Crippen molar-refractivity contribution in [1.82, 2.24) is 0 Å². The molecule has 7 nitrogen and oxygen atoms in total. The molecule has 0 aromatic heterocycles. The molecule has 132 valence electrons. The summed E-state index contributed by atoms with van der Waals surface area (Å²) >= 11 is 0. The van der Waals surface area contributed by atoms with E-state index in [1.807, 2.05) is 0 Å². The molecule has 2 aliphatic rings. The molecule has 4 N–H and O–H groups in total. The number of carbonyl (C=O) groups excluding carboxylic acids is 2. The molecule has 1 fully saturated rings. The van der Waals surface area contributed by atoms with E-state index in [0.29, 0.717) is 30.3 Å². The van der Waals surface area contributed by atoms with Gasteiger partial charge in [-0.25, -0.2) is 0 Å². The number of hydrogen-bond acceptors (Lipinski definition) is 5. The Bertz CT molecular complexity index is 619. The van der Waals surface area contributed by atoms with Crippen LogP contribution in [0.1, 0.15) is 19.8 Å². The van der Waals surface area contributed by atoms with Gasteiger partial charge < -0.3 is 25.8 Å². The molecule has 8 heteroatoms. The van der Waals surface area contributed by atoms with Gasteiger partial charge in [-0.3, -0.25) is 9.59 Å². The van der Waals surface area contributed by atoms with Crippen molar-refractivity contribution in [1.29, 1.82) is 0 Å². The smallest absolute Gasteiger partial charge is 0.265 e. The maximum absolute atomic E-state index is 12.3. The zero-order chi connectivity index (χ0) is 16.4. The van der Waals surface area contributed by atoms with Crippen molar-refractivity contribution >= 4 is 35.6 Å². The highest BCUT2D eigenvalue weighted by molar-refractivity contribution is 6.00. The van der Waals surface area contributed by atoms with Gasteiger partial charge in [-0.05, 0) is 43.9 Å². The fraction of sp³-hybridized carbons (Fsp3) is 0.500. The second-order valence-corrected chi connectivity index (χ2v) is 5.93. The van der Waals surface area contributed by atoms with Crippen molar-refractivity contribution in [2.45, 2.75) is 31.9 Å². The minimum Gasteiger partial charge on any atom is -0.479 e. The number of fused-ring (bicyclic) bond motifs is 1. The van der Waals surface area contributed by atoms with Crippen LogP contribution >= 0.6 is 12.4 Å². The zero-order valence-electron chi connectivity index (χ0n) is 13.4. The SMILES string of the molecule is CC1Oc2ccc(NC(=O)C(N)C3CCOCC3)cc2NC1=O.Cl. The lowest BCUT2D eigenvalue weighted by atomic mass is 9.92. The summed E-state index contributed by atoms with van der Waals surface area (Å²) in [6.45, 7) is 2.97.